The van der Waals surface area contributed by atoms with Crippen LogP contribution in [0.2, 0.25) is 0 Å². The molecule has 0 aliphatic heterocycles. The number of aromatic nitrogens is 1. The standard InChI is InChI=1S/C14H23N3OS.2ClH/c1-8(2)6-12-17-9(3)13(19-12)14(18)16-7-11(15)10-4-5-10;;/h8,10-11H,4-7,15H2,1-3H3,(H,16,18);2*1H. The summed E-state index contributed by atoms with van der Waals surface area (Å²) in [5, 5.41) is 3.98. The van der Waals surface area contributed by atoms with Crippen molar-refractivity contribution in [2.45, 2.75) is 46.1 Å². The minimum atomic E-state index is -0.0268. The first kappa shape index (κ1) is 20.6. The minimum Gasteiger partial charge on any atom is -0.350 e. The lowest BCUT2D eigenvalue weighted by Gasteiger charge is -2.10. The maximum atomic E-state index is 12.1. The Labute approximate surface area is 143 Å². The van der Waals surface area contributed by atoms with Gasteiger partial charge in [0.15, 0.2) is 0 Å². The van der Waals surface area contributed by atoms with Gasteiger partial charge in [0.05, 0.1) is 10.7 Å². The zero-order chi connectivity index (χ0) is 14.0. The molecule has 0 aromatic carbocycles. The van der Waals surface area contributed by atoms with Gasteiger partial charge in [0.25, 0.3) is 5.91 Å². The molecule has 1 aliphatic rings. The largest absolute Gasteiger partial charge is 0.350 e. The van der Waals surface area contributed by atoms with Crippen LogP contribution in [0.3, 0.4) is 0 Å². The van der Waals surface area contributed by atoms with Crippen molar-refractivity contribution < 1.29 is 4.79 Å². The van der Waals surface area contributed by atoms with Gasteiger partial charge in [-0.3, -0.25) is 4.79 Å². The Morgan fingerprint density at radius 3 is 2.57 bits per heavy atom. The highest BCUT2D eigenvalue weighted by Gasteiger charge is 2.28. The van der Waals surface area contributed by atoms with Crippen molar-refractivity contribution in [2.24, 2.45) is 17.6 Å². The summed E-state index contributed by atoms with van der Waals surface area (Å²) in [7, 11) is 0. The maximum Gasteiger partial charge on any atom is 0.263 e. The number of carbonyl (C=O) groups excluding carboxylic acids is 1. The summed E-state index contributed by atoms with van der Waals surface area (Å²) < 4.78 is 0. The third-order valence-electron chi connectivity index (χ3n) is 3.36. The third kappa shape index (κ3) is 6.10. The normalized spacial score (nSPS) is 15.1. The molecule has 4 nitrogen and oxygen atoms in total. The number of hydrogen-bond donors (Lipinski definition) is 2. The summed E-state index contributed by atoms with van der Waals surface area (Å²) in [6, 6.07) is 0.104. The highest BCUT2D eigenvalue weighted by atomic mass is 35.5. The number of nitrogens with two attached hydrogens (primary N) is 1. The van der Waals surface area contributed by atoms with Crippen LogP contribution in [-0.2, 0) is 6.42 Å². The first-order chi connectivity index (χ1) is 8.97. The molecule has 21 heavy (non-hydrogen) atoms. The second-order valence-electron chi connectivity index (χ2n) is 5.83. The lowest BCUT2D eigenvalue weighted by atomic mass is 10.1. The topological polar surface area (TPSA) is 68.0 Å². The van der Waals surface area contributed by atoms with E-state index in [4.69, 9.17) is 5.73 Å². The van der Waals surface area contributed by atoms with Crippen molar-refractivity contribution in [3.8, 4) is 0 Å². The fraction of sp³-hybridized carbons (Fsp3) is 0.714. The fourth-order valence-electron chi connectivity index (χ4n) is 2.08. The number of carbonyl (C=O) groups is 1. The van der Waals surface area contributed by atoms with Crippen LogP contribution < -0.4 is 11.1 Å². The van der Waals surface area contributed by atoms with Crippen molar-refractivity contribution in [2.75, 3.05) is 6.54 Å². The van der Waals surface area contributed by atoms with Gasteiger partial charge in [0.1, 0.15) is 4.88 Å². The molecule has 2 rings (SSSR count). The Bertz CT molecular complexity index is 461. The lowest BCUT2D eigenvalue weighted by Crippen LogP contribution is -2.38. The average molecular weight is 354 g/mol. The maximum absolute atomic E-state index is 12.1. The molecule has 0 radical (unpaired) electrons. The first-order valence-electron chi connectivity index (χ1n) is 6.97. The second kappa shape index (κ2) is 8.93. The Morgan fingerprint density at radius 1 is 1.43 bits per heavy atom. The van der Waals surface area contributed by atoms with E-state index in [-0.39, 0.29) is 36.8 Å². The van der Waals surface area contributed by atoms with Crippen LogP contribution in [0, 0.1) is 18.8 Å². The number of rotatable bonds is 6. The Kier molecular flexibility index (Phi) is 8.78. The van der Waals surface area contributed by atoms with Crippen LogP contribution in [-0.4, -0.2) is 23.5 Å². The smallest absolute Gasteiger partial charge is 0.263 e. The zero-order valence-electron chi connectivity index (χ0n) is 12.7. The van der Waals surface area contributed by atoms with E-state index in [9.17, 15) is 4.79 Å². The molecule has 7 heteroatoms. The van der Waals surface area contributed by atoms with Crippen molar-refractivity contribution >= 4 is 42.1 Å². The highest BCUT2D eigenvalue weighted by molar-refractivity contribution is 7.13. The van der Waals surface area contributed by atoms with E-state index < -0.39 is 0 Å². The third-order valence-corrected chi connectivity index (χ3v) is 4.53. The SMILES string of the molecule is Cc1nc(CC(C)C)sc1C(=O)NCC(N)C1CC1.Cl.Cl. The first-order valence-corrected chi connectivity index (χ1v) is 7.79. The number of amides is 1. The van der Waals surface area contributed by atoms with E-state index in [0.29, 0.717) is 18.4 Å². The van der Waals surface area contributed by atoms with Crippen molar-refractivity contribution in [1.29, 1.82) is 0 Å². The number of halogens is 2. The van der Waals surface area contributed by atoms with Crippen molar-refractivity contribution in [3.05, 3.63) is 15.6 Å². The van der Waals surface area contributed by atoms with E-state index in [1.807, 2.05) is 6.92 Å². The molecule has 1 aliphatic carbocycles. The predicted octanol–water partition coefficient (Wildman–Crippen LogP) is 2.96. The molecule has 1 heterocycles. The van der Waals surface area contributed by atoms with Gasteiger partial charge in [-0.1, -0.05) is 13.8 Å². The number of nitrogens with zero attached hydrogens (tertiary/aromatic N) is 1. The fourth-order valence-corrected chi connectivity index (χ4v) is 3.27. The molecule has 0 spiro atoms. The number of nitrogens with one attached hydrogen (secondary N) is 1. The molecule has 1 aromatic heterocycles. The summed E-state index contributed by atoms with van der Waals surface area (Å²) in [4.78, 5) is 17.3. The molecule has 3 N–H and O–H groups in total. The van der Waals surface area contributed by atoms with Gasteiger partial charge in [-0.2, -0.15) is 0 Å². The van der Waals surface area contributed by atoms with Gasteiger partial charge < -0.3 is 11.1 Å². The van der Waals surface area contributed by atoms with Crippen LogP contribution in [0.15, 0.2) is 0 Å². The van der Waals surface area contributed by atoms with Crippen LogP contribution in [0.5, 0.6) is 0 Å². The van der Waals surface area contributed by atoms with E-state index >= 15 is 0 Å². The average Bonchev–Trinajstić information content (AvgIpc) is 3.10. The van der Waals surface area contributed by atoms with Crippen LogP contribution in [0.25, 0.3) is 0 Å². The molecule has 1 aromatic rings. The summed E-state index contributed by atoms with van der Waals surface area (Å²) in [5.41, 5.74) is 6.82. The van der Waals surface area contributed by atoms with Crippen molar-refractivity contribution in [3.63, 3.8) is 0 Å². The summed E-state index contributed by atoms with van der Waals surface area (Å²) in [6.45, 7) is 6.78. The minimum absolute atomic E-state index is 0. The zero-order valence-corrected chi connectivity index (χ0v) is 15.2. The van der Waals surface area contributed by atoms with Gasteiger partial charge in [-0.05, 0) is 31.6 Å². The van der Waals surface area contributed by atoms with Gasteiger partial charge in [0, 0.05) is 19.0 Å². The molecule has 1 fully saturated rings. The monoisotopic (exact) mass is 353 g/mol. The second-order valence-corrected chi connectivity index (χ2v) is 6.92. The van der Waals surface area contributed by atoms with Gasteiger partial charge in [0.2, 0.25) is 0 Å². The molecule has 1 saturated carbocycles. The summed E-state index contributed by atoms with van der Waals surface area (Å²) in [6.07, 6.45) is 3.34. The summed E-state index contributed by atoms with van der Waals surface area (Å²) in [5.74, 6) is 1.14. The Hall–Kier alpha value is -0.360. The lowest BCUT2D eigenvalue weighted by molar-refractivity contribution is 0.0953. The molecule has 0 saturated heterocycles. The van der Waals surface area contributed by atoms with Crippen LogP contribution in [0.4, 0.5) is 0 Å². The Balaban J connectivity index is 0.00000200. The van der Waals surface area contributed by atoms with E-state index in [1.54, 1.807) is 0 Å². The van der Waals surface area contributed by atoms with E-state index in [1.165, 1.54) is 24.2 Å². The summed E-state index contributed by atoms with van der Waals surface area (Å²) >= 11 is 1.51. The van der Waals surface area contributed by atoms with Crippen LogP contribution >= 0.6 is 36.2 Å². The molecule has 1 atom stereocenters. The van der Waals surface area contributed by atoms with Gasteiger partial charge in [-0.25, -0.2) is 4.98 Å². The van der Waals surface area contributed by atoms with E-state index in [2.05, 4.69) is 24.1 Å². The number of aryl methyl sites for hydroxylation is 1. The van der Waals surface area contributed by atoms with Gasteiger partial charge >= 0.3 is 0 Å². The Morgan fingerprint density at radius 2 is 2.05 bits per heavy atom. The highest BCUT2D eigenvalue weighted by Crippen LogP contribution is 2.31. The van der Waals surface area contributed by atoms with E-state index in [0.717, 1.165) is 22.0 Å². The molecule has 0 bridgehead atoms. The predicted molar refractivity (Wildman–Crippen MR) is 92.9 cm³/mol. The van der Waals surface area contributed by atoms with Crippen molar-refractivity contribution in [1.82, 2.24) is 10.3 Å². The quantitative estimate of drug-likeness (QED) is 0.825. The molecular weight excluding hydrogens is 329 g/mol. The molecule has 1 amide bonds. The number of thiazole rings is 1. The molecular formula is C14H25Cl2N3OS. The van der Waals surface area contributed by atoms with Crippen LogP contribution in [0.1, 0.15) is 47.1 Å². The molecule has 122 valence electrons. The number of hydrogen-bond acceptors (Lipinski definition) is 4. The molecule has 1 unspecified atom stereocenters. The van der Waals surface area contributed by atoms with Gasteiger partial charge in [-0.15, -0.1) is 36.2 Å².